The molecule has 0 saturated heterocycles. The molecule has 1 aliphatic heterocycles. The lowest BCUT2D eigenvalue weighted by Crippen LogP contribution is -2.13. The second-order valence-corrected chi connectivity index (χ2v) is 5.15. The highest BCUT2D eigenvalue weighted by molar-refractivity contribution is 5.88. The van der Waals surface area contributed by atoms with Crippen LogP contribution in [0.15, 0.2) is 42.6 Å². The second kappa shape index (κ2) is 7.54. The number of nitrogens with zero attached hydrogens (tertiary/aromatic N) is 2. The number of ether oxygens (including phenoxy) is 3. The fourth-order valence-electron chi connectivity index (χ4n) is 2.30. The summed E-state index contributed by atoms with van der Waals surface area (Å²) in [5, 5.41) is 11.0. The second-order valence-electron chi connectivity index (χ2n) is 5.15. The van der Waals surface area contributed by atoms with Crippen molar-refractivity contribution in [1.82, 2.24) is 4.98 Å². The Hall–Kier alpha value is -3.26. The highest BCUT2D eigenvalue weighted by Crippen LogP contribution is 2.33. The van der Waals surface area contributed by atoms with Crippen molar-refractivity contribution in [2.75, 3.05) is 6.79 Å². The molecule has 2 aromatic rings. The largest absolute Gasteiger partial charge is 0.467 e. The van der Waals surface area contributed by atoms with Crippen LogP contribution in [0.25, 0.3) is 6.08 Å². The molecule has 0 unspecified atom stereocenters. The van der Waals surface area contributed by atoms with Crippen molar-refractivity contribution in [3.8, 4) is 5.75 Å². The highest BCUT2D eigenvalue weighted by Gasteiger charge is 2.19. The van der Waals surface area contributed by atoms with Gasteiger partial charge in [-0.2, -0.15) is 0 Å². The van der Waals surface area contributed by atoms with Gasteiger partial charge < -0.3 is 14.2 Å². The Kier molecular flexibility index (Phi) is 5.00. The van der Waals surface area contributed by atoms with E-state index in [0.29, 0.717) is 22.6 Å². The van der Waals surface area contributed by atoms with Crippen LogP contribution < -0.4 is 4.74 Å². The molecule has 0 fully saturated rings. The summed E-state index contributed by atoms with van der Waals surface area (Å²) < 4.78 is 15.6. The topological polar surface area (TPSA) is 101 Å². The van der Waals surface area contributed by atoms with E-state index in [1.54, 1.807) is 24.4 Å². The molecule has 128 valence electrons. The number of hydrogen-bond donors (Lipinski definition) is 0. The van der Waals surface area contributed by atoms with Gasteiger partial charge in [-0.3, -0.25) is 15.1 Å². The van der Waals surface area contributed by atoms with E-state index in [9.17, 15) is 14.9 Å². The molecule has 3 rings (SSSR count). The molecule has 0 bridgehead atoms. The number of pyridine rings is 1. The molecular formula is C17H14N2O6. The van der Waals surface area contributed by atoms with Crippen molar-refractivity contribution in [2.24, 2.45) is 0 Å². The fraction of sp³-hybridized carbons (Fsp3) is 0.176. The molecule has 0 amide bonds. The van der Waals surface area contributed by atoms with Crippen LogP contribution in [-0.2, 0) is 27.5 Å². The van der Waals surface area contributed by atoms with Gasteiger partial charge >= 0.3 is 5.97 Å². The first-order chi connectivity index (χ1) is 12.1. The zero-order valence-electron chi connectivity index (χ0n) is 13.1. The first-order valence-corrected chi connectivity index (χ1v) is 7.40. The Bertz CT molecular complexity index is 819. The van der Waals surface area contributed by atoms with E-state index in [1.165, 1.54) is 24.3 Å². The predicted molar refractivity (Wildman–Crippen MR) is 86.4 cm³/mol. The molecule has 8 nitrogen and oxygen atoms in total. The third-order valence-corrected chi connectivity index (χ3v) is 3.42. The molecule has 0 N–H and O–H groups in total. The van der Waals surface area contributed by atoms with Crippen molar-refractivity contribution in [1.29, 1.82) is 0 Å². The molecule has 0 radical (unpaired) electrons. The van der Waals surface area contributed by atoms with Gasteiger partial charge in [-0.15, -0.1) is 0 Å². The minimum atomic E-state index is -0.585. The molecular weight excluding hydrogens is 328 g/mol. The maximum Gasteiger partial charge on any atom is 0.331 e. The molecule has 8 heteroatoms. The van der Waals surface area contributed by atoms with E-state index in [0.717, 1.165) is 0 Å². The van der Waals surface area contributed by atoms with Gasteiger partial charge in [-0.05, 0) is 18.2 Å². The summed E-state index contributed by atoms with van der Waals surface area (Å²) in [6.45, 7) is 0.305. The Morgan fingerprint density at radius 2 is 2.28 bits per heavy atom. The fourth-order valence-corrected chi connectivity index (χ4v) is 2.30. The van der Waals surface area contributed by atoms with Gasteiger partial charge in [0, 0.05) is 35.5 Å². The van der Waals surface area contributed by atoms with E-state index >= 15 is 0 Å². The minimum absolute atomic E-state index is 0.0431. The van der Waals surface area contributed by atoms with Gasteiger partial charge in [0.1, 0.15) is 12.4 Å². The number of hydrogen-bond acceptors (Lipinski definition) is 7. The molecule has 0 saturated carbocycles. The summed E-state index contributed by atoms with van der Waals surface area (Å²) >= 11 is 0. The van der Waals surface area contributed by atoms with Crippen LogP contribution in [0.3, 0.4) is 0 Å². The number of carbonyl (C=O) groups excluding carboxylic acids is 1. The Balaban J connectivity index is 1.74. The van der Waals surface area contributed by atoms with Crippen LogP contribution in [-0.4, -0.2) is 22.7 Å². The van der Waals surface area contributed by atoms with Crippen LogP contribution in [0.1, 0.15) is 16.8 Å². The lowest BCUT2D eigenvalue weighted by atomic mass is 10.1. The number of esters is 1. The van der Waals surface area contributed by atoms with Gasteiger partial charge in [-0.1, -0.05) is 6.07 Å². The predicted octanol–water partition coefficient (Wildman–Crippen LogP) is 2.61. The standard InChI is InChI=1S/C17H14N2O6/c20-16(24-10-14-3-1-2-6-18-14)5-4-12-7-15(19(21)22)8-13-9-23-11-25-17(12)13/h1-8H,9-11H2/b5-4+. The number of benzene rings is 1. The lowest BCUT2D eigenvalue weighted by Gasteiger charge is -2.19. The zero-order valence-corrected chi connectivity index (χ0v) is 13.1. The Morgan fingerprint density at radius 1 is 1.40 bits per heavy atom. The van der Waals surface area contributed by atoms with Crippen LogP contribution in [0, 0.1) is 10.1 Å². The molecule has 1 aromatic carbocycles. The first-order valence-electron chi connectivity index (χ1n) is 7.40. The molecule has 2 heterocycles. The van der Waals surface area contributed by atoms with E-state index < -0.39 is 10.9 Å². The Morgan fingerprint density at radius 3 is 3.04 bits per heavy atom. The third-order valence-electron chi connectivity index (χ3n) is 3.42. The number of carbonyl (C=O) groups is 1. The van der Waals surface area contributed by atoms with E-state index in [2.05, 4.69) is 4.98 Å². The first kappa shape index (κ1) is 16.6. The average Bonchev–Trinajstić information content (AvgIpc) is 2.65. The summed E-state index contributed by atoms with van der Waals surface area (Å²) in [6, 6.07) is 8.03. The number of nitro benzene ring substituents is 1. The van der Waals surface area contributed by atoms with Crippen LogP contribution in [0.2, 0.25) is 0 Å². The zero-order chi connectivity index (χ0) is 17.6. The highest BCUT2D eigenvalue weighted by atomic mass is 16.7. The van der Waals surface area contributed by atoms with Gasteiger partial charge in [0.25, 0.3) is 5.69 Å². The third kappa shape index (κ3) is 4.18. The Labute approximate surface area is 142 Å². The summed E-state index contributed by atoms with van der Waals surface area (Å²) in [5.41, 5.74) is 1.50. The van der Waals surface area contributed by atoms with E-state index in [1.807, 2.05) is 0 Å². The summed E-state index contributed by atoms with van der Waals surface area (Å²) in [7, 11) is 0. The molecule has 1 aromatic heterocycles. The summed E-state index contributed by atoms with van der Waals surface area (Å²) in [5.74, 6) is -0.122. The van der Waals surface area contributed by atoms with Gasteiger partial charge in [0.2, 0.25) is 0 Å². The number of fused-ring (bicyclic) bond motifs is 1. The van der Waals surface area contributed by atoms with Crippen LogP contribution in [0.4, 0.5) is 5.69 Å². The van der Waals surface area contributed by atoms with Gasteiger partial charge in [0.15, 0.2) is 6.79 Å². The molecule has 0 atom stereocenters. The average molecular weight is 342 g/mol. The summed E-state index contributed by atoms with van der Waals surface area (Å²) in [6.07, 6.45) is 4.23. The number of nitro groups is 1. The van der Waals surface area contributed by atoms with Crippen LogP contribution >= 0.6 is 0 Å². The van der Waals surface area contributed by atoms with E-state index in [4.69, 9.17) is 14.2 Å². The molecule has 1 aliphatic rings. The summed E-state index contributed by atoms with van der Waals surface area (Å²) in [4.78, 5) is 26.4. The molecule has 0 spiro atoms. The normalized spacial score (nSPS) is 13.1. The molecule has 25 heavy (non-hydrogen) atoms. The lowest BCUT2D eigenvalue weighted by molar-refractivity contribution is -0.385. The maximum absolute atomic E-state index is 11.8. The maximum atomic E-state index is 11.8. The van der Waals surface area contributed by atoms with E-state index in [-0.39, 0.29) is 25.7 Å². The monoisotopic (exact) mass is 342 g/mol. The molecule has 0 aliphatic carbocycles. The number of rotatable bonds is 5. The smallest absolute Gasteiger partial charge is 0.331 e. The quantitative estimate of drug-likeness (QED) is 0.356. The van der Waals surface area contributed by atoms with Gasteiger partial charge in [-0.25, -0.2) is 4.79 Å². The van der Waals surface area contributed by atoms with Gasteiger partial charge in [0.05, 0.1) is 17.2 Å². The van der Waals surface area contributed by atoms with Crippen molar-refractivity contribution >= 4 is 17.7 Å². The SMILES string of the molecule is O=C(/C=C/c1cc([N+](=O)[O-])cc2c1OCOC2)OCc1ccccn1. The minimum Gasteiger partial charge on any atom is -0.467 e. The number of non-ortho nitro benzene ring substituents is 1. The number of aromatic nitrogens is 1. The van der Waals surface area contributed by atoms with Crippen LogP contribution in [0.5, 0.6) is 5.75 Å². The van der Waals surface area contributed by atoms with Crippen molar-refractivity contribution < 1.29 is 23.9 Å². The van der Waals surface area contributed by atoms with Crippen molar-refractivity contribution in [2.45, 2.75) is 13.2 Å². The van der Waals surface area contributed by atoms with Crippen molar-refractivity contribution in [3.63, 3.8) is 0 Å². The van der Waals surface area contributed by atoms with Crippen molar-refractivity contribution in [3.05, 3.63) is 69.5 Å².